The van der Waals surface area contributed by atoms with E-state index in [0.717, 1.165) is 6.08 Å². The monoisotopic (exact) mass is 307 g/mol. The summed E-state index contributed by atoms with van der Waals surface area (Å²) in [5, 5.41) is 0. The van der Waals surface area contributed by atoms with Crippen LogP contribution in [0.5, 0.6) is 0 Å². The van der Waals surface area contributed by atoms with Crippen molar-refractivity contribution in [3.05, 3.63) is 12.2 Å². The Kier molecular flexibility index (Phi) is 4.93. The van der Waals surface area contributed by atoms with E-state index in [2.05, 4.69) is 0 Å². The molecule has 3 atom stereocenters. The van der Waals surface area contributed by atoms with Crippen LogP contribution in [0.15, 0.2) is 12.2 Å². The quantitative estimate of drug-likeness (QED) is 0.810. The predicted molar refractivity (Wildman–Crippen MR) is 69.3 cm³/mol. The number of halogens is 3. The van der Waals surface area contributed by atoms with Gasteiger partial charge in [-0.25, -0.2) is 0 Å². The molecular weight excluding hydrogens is 287 g/mol. The molecule has 0 aromatic heterocycles. The second kappa shape index (κ2) is 6.36. The van der Waals surface area contributed by atoms with Gasteiger partial charge in [0.1, 0.15) is 0 Å². The topological polar surface area (TPSA) is 61.6 Å². The summed E-state index contributed by atoms with van der Waals surface area (Å²) in [6.45, 7) is 0.939. The number of nitrogens with two attached hydrogens (primary N) is 1. The number of rotatable bonds is 4. The standard InChI is InChI=1S/C14H20F3NO3/c15-14(16,17)13(4-2-1-3-5-13)11(12(18)19)8-10-9-20-6-7-21-10/h2,4,10-11H,1,3,5-9H2,(H2,18,19). The van der Waals surface area contributed by atoms with E-state index < -0.39 is 29.5 Å². The molecule has 1 saturated heterocycles. The van der Waals surface area contributed by atoms with E-state index in [-0.39, 0.29) is 19.4 Å². The minimum atomic E-state index is -4.51. The fraction of sp³-hybridized carbons (Fsp3) is 0.786. The molecular formula is C14H20F3NO3. The van der Waals surface area contributed by atoms with Gasteiger partial charge in [0.05, 0.1) is 37.3 Å². The number of amides is 1. The summed E-state index contributed by atoms with van der Waals surface area (Å²) < 4.78 is 51.5. The Morgan fingerprint density at radius 1 is 1.43 bits per heavy atom. The first-order valence-corrected chi connectivity index (χ1v) is 7.10. The zero-order valence-corrected chi connectivity index (χ0v) is 11.7. The molecule has 1 heterocycles. The second-order valence-corrected chi connectivity index (χ2v) is 5.59. The van der Waals surface area contributed by atoms with E-state index in [0.29, 0.717) is 26.1 Å². The van der Waals surface area contributed by atoms with Gasteiger partial charge in [-0.05, 0) is 25.7 Å². The van der Waals surface area contributed by atoms with Crippen LogP contribution in [0.3, 0.4) is 0 Å². The van der Waals surface area contributed by atoms with Gasteiger partial charge in [-0.2, -0.15) is 13.2 Å². The molecule has 7 heteroatoms. The van der Waals surface area contributed by atoms with Gasteiger partial charge < -0.3 is 15.2 Å². The van der Waals surface area contributed by atoms with Crippen LogP contribution >= 0.6 is 0 Å². The summed E-state index contributed by atoms with van der Waals surface area (Å²) in [5.74, 6) is -2.27. The zero-order chi connectivity index (χ0) is 15.5. The van der Waals surface area contributed by atoms with Gasteiger partial charge in [0, 0.05) is 0 Å². The predicted octanol–water partition coefficient (Wildman–Crippen LogP) is 2.18. The summed E-state index contributed by atoms with van der Waals surface area (Å²) in [5.41, 5.74) is 3.11. The molecule has 0 bridgehead atoms. The van der Waals surface area contributed by atoms with E-state index in [1.165, 1.54) is 6.08 Å². The van der Waals surface area contributed by atoms with E-state index in [9.17, 15) is 18.0 Å². The van der Waals surface area contributed by atoms with Crippen molar-refractivity contribution in [3.63, 3.8) is 0 Å². The minimum absolute atomic E-state index is 0.0703. The Labute approximate surface area is 121 Å². The van der Waals surface area contributed by atoms with Crippen molar-refractivity contribution in [2.24, 2.45) is 17.1 Å². The molecule has 0 saturated carbocycles. The molecule has 1 amide bonds. The third-order valence-corrected chi connectivity index (χ3v) is 4.25. The lowest BCUT2D eigenvalue weighted by Crippen LogP contribution is -2.50. The Bertz CT molecular complexity index is 405. The van der Waals surface area contributed by atoms with E-state index in [4.69, 9.17) is 15.2 Å². The van der Waals surface area contributed by atoms with Crippen LogP contribution in [-0.2, 0) is 14.3 Å². The first-order chi connectivity index (χ1) is 9.87. The van der Waals surface area contributed by atoms with Crippen LogP contribution in [0.1, 0.15) is 25.7 Å². The Balaban J connectivity index is 2.26. The molecule has 0 aromatic rings. The fourth-order valence-electron chi connectivity index (χ4n) is 3.13. The van der Waals surface area contributed by atoms with E-state index in [1.54, 1.807) is 0 Å². The van der Waals surface area contributed by atoms with Crippen LogP contribution in [0, 0.1) is 11.3 Å². The number of carbonyl (C=O) groups is 1. The number of hydrogen-bond donors (Lipinski definition) is 1. The smallest absolute Gasteiger partial charge is 0.376 e. The molecule has 21 heavy (non-hydrogen) atoms. The molecule has 4 nitrogen and oxygen atoms in total. The van der Waals surface area contributed by atoms with Crippen molar-refractivity contribution < 1.29 is 27.4 Å². The molecule has 2 N–H and O–H groups in total. The van der Waals surface area contributed by atoms with Gasteiger partial charge in [0.25, 0.3) is 0 Å². The van der Waals surface area contributed by atoms with Crippen LogP contribution in [0.25, 0.3) is 0 Å². The molecule has 3 unspecified atom stereocenters. The number of ether oxygens (including phenoxy) is 2. The van der Waals surface area contributed by atoms with Crippen molar-refractivity contribution in [3.8, 4) is 0 Å². The maximum atomic E-state index is 13.6. The third kappa shape index (κ3) is 3.40. The maximum Gasteiger partial charge on any atom is 0.398 e. The average molecular weight is 307 g/mol. The number of alkyl halides is 3. The highest BCUT2D eigenvalue weighted by Crippen LogP contribution is 2.52. The van der Waals surface area contributed by atoms with E-state index >= 15 is 0 Å². The second-order valence-electron chi connectivity index (χ2n) is 5.59. The first-order valence-electron chi connectivity index (χ1n) is 7.10. The van der Waals surface area contributed by atoms with Crippen LogP contribution in [0.4, 0.5) is 13.2 Å². The molecule has 2 aliphatic rings. The summed E-state index contributed by atoms with van der Waals surface area (Å²) in [7, 11) is 0. The van der Waals surface area contributed by atoms with Crippen LogP contribution in [-0.4, -0.2) is 38.0 Å². The number of hydrogen-bond acceptors (Lipinski definition) is 3. The molecule has 1 aliphatic heterocycles. The summed E-state index contributed by atoms with van der Waals surface area (Å²) in [6.07, 6.45) is -1.63. The van der Waals surface area contributed by atoms with Crippen molar-refractivity contribution in [2.75, 3.05) is 19.8 Å². The molecule has 0 spiro atoms. The largest absolute Gasteiger partial charge is 0.398 e. The summed E-state index contributed by atoms with van der Waals surface area (Å²) in [4.78, 5) is 11.7. The van der Waals surface area contributed by atoms with Crippen molar-refractivity contribution in [2.45, 2.75) is 38.0 Å². The van der Waals surface area contributed by atoms with Gasteiger partial charge in [-0.15, -0.1) is 0 Å². The molecule has 1 aliphatic carbocycles. The molecule has 2 rings (SSSR count). The average Bonchev–Trinajstić information content (AvgIpc) is 2.45. The normalized spacial score (nSPS) is 31.9. The van der Waals surface area contributed by atoms with E-state index in [1.807, 2.05) is 0 Å². The molecule has 120 valence electrons. The minimum Gasteiger partial charge on any atom is -0.376 e. The van der Waals surface area contributed by atoms with Crippen molar-refractivity contribution >= 4 is 5.91 Å². The lowest BCUT2D eigenvalue weighted by atomic mass is 9.66. The molecule has 0 radical (unpaired) electrons. The number of allylic oxidation sites excluding steroid dienone is 2. The lowest BCUT2D eigenvalue weighted by molar-refractivity contribution is -0.231. The van der Waals surface area contributed by atoms with Gasteiger partial charge in [0.15, 0.2) is 0 Å². The number of carbonyl (C=O) groups excluding carboxylic acids is 1. The van der Waals surface area contributed by atoms with Crippen LogP contribution < -0.4 is 5.73 Å². The Hall–Kier alpha value is -1.08. The van der Waals surface area contributed by atoms with Crippen molar-refractivity contribution in [1.29, 1.82) is 0 Å². The SMILES string of the molecule is NC(=O)C(CC1COCCO1)C1(C(F)(F)F)C=CCCC1. The Morgan fingerprint density at radius 2 is 2.19 bits per heavy atom. The highest BCUT2D eigenvalue weighted by molar-refractivity contribution is 5.78. The van der Waals surface area contributed by atoms with Gasteiger partial charge in [-0.3, -0.25) is 4.79 Å². The van der Waals surface area contributed by atoms with Gasteiger partial charge >= 0.3 is 6.18 Å². The van der Waals surface area contributed by atoms with Gasteiger partial charge in [0.2, 0.25) is 5.91 Å². The van der Waals surface area contributed by atoms with Crippen LogP contribution in [0.2, 0.25) is 0 Å². The first kappa shape index (κ1) is 16.3. The van der Waals surface area contributed by atoms with Crippen molar-refractivity contribution in [1.82, 2.24) is 0 Å². The fourth-order valence-corrected chi connectivity index (χ4v) is 3.13. The summed E-state index contributed by atoms with van der Waals surface area (Å²) >= 11 is 0. The number of primary amides is 1. The lowest BCUT2D eigenvalue weighted by Gasteiger charge is -2.41. The Morgan fingerprint density at radius 3 is 2.67 bits per heavy atom. The third-order valence-electron chi connectivity index (χ3n) is 4.25. The zero-order valence-electron chi connectivity index (χ0n) is 11.7. The molecule has 0 aromatic carbocycles. The highest BCUT2D eigenvalue weighted by atomic mass is 19.4. The maximum absolute atomic E-state index is 13.6. The summed E-state index contributed by atoms with van der Waals surface area (Å²) in [6, 6.07) is 0. The van der Waals surface area contributed by atoms with Gasteiger partial charge in [-0.1, -0.05) is 12.2 Å². The highest BCUT2D eigenvalue weighted by Gasteiger charge is 2.59. The molecule has 1 fully saturated rings.